The molecule has 106 valence electrons. The highest BCUT2D eigenvalue weighted by molar-refractivity contribution is 7.89. The largest absolute Gasteiger partial charge is 0.353 e. The normalized spacial score (nSPS) is 11.3. The van der Waals surface area contributed by atoms with Crippen molar-refractivity contribution in [1.29, 1.82) is 0 Å². The molecule has 0 bridgehead atoms. The van der Waals surface area contributed by atoms with Gasteiger partial charge in [0.15, 0.2) is 0 Å². The Morgan fingerprint density at radius 2 is 1.90 bits per heavy atom. The molecule has 2 heterocycles. The van der Waals surface area contributed by atoms with Crippen LogP contribution in [0.2, 0.25) is 5.15 Å². The molecule has 2 aromatic heterocycles. The Bertz CT molecular complexity index is 690. The topological polar surface area (TPSA) is 111 Å². The molecule has 2 rings (SSSR count). The summed E-state index contributed by atoms with van der Waals surface area (Å²) >= 11 is 5.80. The van der Waals surface area contributed by atoms with Crippen molar-refractivity contribution in [3.8, 4) is 11.1 Å². The molecule has 0 aromatic carbocycles. The lowest BCUT2D eigenvalue weighted by atomic mass is 10.1. The Labute approximate surface area is 121 Å². The molecule has 0 radical (unpaired) electrons. The van der Waals surface area contributed by atoms with E-state index in [1.165, 1.54) is 0 Å². The molecule has 0 saturated heterocycles. The van der Waals surface area contributed by atoms with E-state index < -0.39 is 10.0 Å². The van der Waals surface area contributed by atoms with E-state index >= 15 is 0 Å². The quantitative estimate of drug-likeness (QED) is 0.793. The molecular weight excluding hydrogens is 302 g/mol. The summed E-state index contributed by atoms with van der Waals surface area (Å²) in [7, 11) is -3.49. The molecule has 0 fully saturated rings. The van der Waals surface area contributed by atoms with Crippen LogP contribution in [0.1, 0.15) is 0 Å². The SMILES string of the molecule is NS(=O)(=O)CCNc1ncc(-c2ccnc(Cl)c2)cn1. The average molecular weight is 314 g/mol. The van der Waals surface area contributed by atoms with Crippen molar-refractivity contribution in [1.82, 2.24) is 15.0 Å². The van der Waals surface area contributed by atoms with Crippen LogP contribution in [0.25, 0.3) is 11.1 Å². The molecule has 0 spiro atoms. The maximum Gasteiger partial charge on any atom is 0.222 e. The van der Waals surface area contributed by atoms with E-state index in [0.29, 0.717) is 11.1 Å². The van der Waals surface area contributed by atoms with Crippen molar-refractivity contribution in [2.75, 3.05) is 17.6 Å². The highest BCUT2D eigenvalue weighted by atomic mass is 35.5. The highest BCUT2D eigenvalue weighted by Gasteiger charge is 2.04. The first-order chi connectivity index (χ1) is 9.44. The van der Waals surface area contributed by atoms with E-state index in [1.807, 2.05) is 0 Å². The molecule has 2 aromatic rings. The van der Waals surface area contributed by atoms with Gasteiger partial charge >= 0.3 is 0 Å². The molecule has 0 amide bonds. The average Bonchev–Trinajstić information content (AvgIpc) is 2.38. The minimum absolute atomic E-state index is 0.152. The molecule has 0 aliphatic carbocycles. The summed E-state index contributed by atoms with van der Waals surface area (Å²) in [5, 5.41) is 8.05. The van der Waals surface area contributed by atoms with Gasteiger partial charge in [0.25, 0.3) is 0 Å². The number of aromatic nitrogens is 3. The first kappa shape index (κ1) is 14.6. The monoisotopic (exact) mass is 313 g/mol. The molecule has 0 aliphatic rings. The number of halogens is 1. The van der Waals surface area contributed by atoms with Crippen LogP contribution < -0.4 is 10.5 Å². The summed E-state index contributed by atoms with van der Waals surface area (Å²) in [6, 6.07) is 3.49. The molecule has 7 nitrogen and oxygen atoms in total. The van der Waals surface area contributed by atoms with E-state index in [0.717, 1.165) is 11.1 Å². The summed E-state index contributed by atoms with van der Waals surface area (Å²) in [6.45, 7) is 0.152. The lowest BCUT2D eigenvalue weighted by Crippen LogP contribution is -2.22. The van der Waals surface area contributed by atoms with Crippen LogP contribution in [-0.4, -0.2) is 35.7 Å². The van der Waals surface area contributed by atoms with Gasteiger partial charge in [0.05, 0.1) is 5.75 Å². The van der Waals surface area contributed by atoms with Crippen LogP contribution in [0, 0.1) is 0 Å². The second-order valence-corrected chi connectivity index (χ2v) is 6.08. The third-order valence-electron chi connectivity index (χ3n) is 2.38. The van der Waals surface area contributed by atoms with Gasteiger partial charge in [-0.15, -0.1) is 0 Å². The van der Waals surface area contributed by atoms with Gasteiger partial charge in [-0.25, -0.2) is 28.5 Å². The smallest absolute Gasteiger partial charge is 0.222 e. The Morgan fingerprint density at radius 3 is 2.50 bits per heavy atom. The lowest BCUT2D eigenvalue weighted by molar-refractivity contribution is 0.598. The fraction of sp³-hybridized carbons (Fsp3) is 0.182. The first-order valence-corrected chi connectivity index (χ1v) is 7.72. The van der Waals surface area contributed by atoms with E-state index in [-0.39, 0.29) is 12.3 Å². The molecule has 3 N–H and O–H groups in total. The molecule has 0 atom stereocenters. The van der Waals surface area contributed by atoms with Crippen molar-refractivity contribution < 1.29 is 8.42 Å². The van der Waals surface area contributed by atoms with Crippen LogP contribution in [0.3, 0.4) is 0 Å². The number of nitrogens with zero attached hydrogens (tertiary/aromatic N) is 3. The fourth-order valence-corrected chi connectivity index (χ4v) is 2.02. The number of nitrogens with one attached hydrogen (secondary N) is 1. The van der Waals surface area contributed by atoms with Crippen LogP contribution in [0.5, 0.6) is 0 Å². The van der Waals surface area contributed by atoms with Gasteiger partial charge in [-0.2, -0.15) is 0 Å². The minimum Gasteiger partial charge on any atom is -0.353 e. The molecular formula is C11H12ClN5O2S. The lowest BCUT2D eigenvalue weighted by Gasteiger charge is -2.05. The van der Waals surface area contributed by atoms with E-state index in [4.69, 9.17) is 16.7 Å². The van der Waals surface area contributed by atoms with Crippen LogP contribution in [-0.2, 0) is 10.0 Å². The van der Waals surface area contributed by atoms with Crippen molar-refractivity contribution >= 4 is 27.6 Å². The summed E-state index contributed by atoms with van der Waals surface area (Å²) in [5.74, 6) is 0.149. The van der Waals surface area contributed by atoms with Gasteiger partial charge in [-0.05, 0) is 17.7 Å². The minimum atomic E-state index is -3.49. The van der Waals surface area contributed by atoms with Crippen molar-refractivity contribution in [3.05, 3.63) is 35.9 Å². The number of hydrogen-bond acceptors (Lipinski definition) is 6. The summed E-state index contributed by atoms with van der Waals surface area (Å²) in [6.07, 6.45) is 4.81. The number of pyridine rings is 1. The zero-order chi connectivity index (χ0) is 14.6. The van der Waals surface area contributed by atoms with Gasteiger partial charge in [0.1, 0.15) is 5.15 Å². The van der Waals surface area contributed by atoms with E-state index in [1.54, 1.807) is 30.7 Å². The number of hydrogen-bond donors (Lipinski definition) is 2. The van der Waals surface area contributed by atoms with Gasteiger partial charge in [0.2, 0.25) is 16.0 Å². The number of rotatable bonds is 5. The number of sulfonamides is 1. The van der Waals surface area contributed by atoms with E-state index in [9.17, 15) is 8.42 Å². The standard InChI is InChI=1S/C11H12ClN5O2S/c12-10-5-8(1-2-14-10)9-6-16-11(17-7-9)15-3-4-20(13,18)19/h1-2,5-7H,3-4H2,(H2,13,18,19)(H,15,16,17). The molecule has 0 unspecified atom stereocenters. The van der Waals surface area contributed by atoms with Crippen molar-refractivity contribution in [3.63, 3.8) is 0 Å². The van der Waals surface area contributed by atoms with Crippen LogP contribution in [0.15, 0.2) is 30.7 Å². The molecule has 20 heavy (non-hydrogen) atoms. The molecule has 0 saturated carbocycles. The summed E-state index contributed by atoms with van der Waals surface area (Å²) in [5.41, 5.74) is 1.63. The van der Waals surface area contributed by atoms with Gasteiger partial charge in [0, 0.05) is 30.7 Å². The van der Waals surface area contributed by atoms with E-state index in [2.05, 4.69) is 20.3 Å². The first-order valence-electron chi connectivity index (χ1n) is 5.62. The second kappa shape index (κ2) is 6.12. The van der Waals surface area contributed by atoms with Gasteiger partial charge in [-0.3, -0.25) is 0 Å². The Balaban J connectivity index is 2.03. The second-order valence-electron chi connectivity index (χ2n) is 3.96. The maximum atomic E-state index is 10.8. The molecule has 0 aliphatic heterocycles. The predicted octanol–water partition coefficient (Wildman–Crippen LogP) is 0.892. The summed E-state index contributed by atoms with van der Waals surface area (Å²) < 4.78 is 21.5. The van der Waals surface area contributed by atoms with Crippen molar-refractivity contribution in [2.24, 2.45) is 5.14 Å². The van der Waals surface area contributed by atoms with Gasteiger partial charge < -0.3 is 5.32 Å². The highest BCUT2D eigenvalue weighted by Crippen LogP contribution is 2.19. The Hall–Kier alpha value is -1.77. The third-order valence-corrected chi connectivity index (χ3v) is 3.36. The third kappa shape index (κ3) is 4.41. The number of nitrogens with two attached hydrogens (primary N) is 1. The Kier molecular flexibility index (Phi) is 4.48. The van der Waals surface area contributed by atoms with Crippen LogP contribution >= 0.6 is 11.6 Å². The predicted molar refractivity (Wildman–Crippen MR) is 76.7 cm³/mol. The maximum absolute atomic E-state index is 10.8. The number of primary sulfonamides is 1. The molecule has 9 heteroatoms. The van der Waals surface area contributed by atoms with Gasteiger partial charge in [-0.1, -0.05) is 11.6 Å². The zero-order valence-corrected chi connectivity index (χ0v) is 11.9. The van der Waals surface area contributed by atoms with Crippen molar-refractivity contribution in [2.45, 2.75) is 0 Å². The Morgan fingerprint density at radius 1 is 1.20 bits per heavy atom. The zero-order valence-electron chi connectivity index (χ0n) is 10.3. The van der Waals surface area contributed by atoms with Crippen LogP contribution in [0.4, 0.5) is 5.95 Å². The summed E-state index contributed by atoms with van der Waals surface area (Å²) in [4.78, 5) is 12.1. The fourth-order valence-electron chi connectivity index (χ4n) is 1.46. The number of anilines is 1.